The van der Waals surface area contributed by atoms with Crippen molar-refractivity contribution in [2.75, 3.05) is 18.6 Å². The number of carbonyl (C=O) groups excluding carboxylic acids is 1. The first-order valence-electron chi connectivity index (χ1n) is 4.07. The van der Waals surface area contributed by atoms with Crippen LogP contribution in [-0.4, -0.2) is 30.6 Å². The van der Waals surface area contributed by atoms with Gasteiger partial charge in [0.1, 0.15) is 0 Å². The molecule has 0 spiro atoms. The zero-order valence-corrected chi connectivity index (χ0v) is 8.52. The summed E-state index contributed by atoms with van der Waals surface area (Å²) in [5.41, 5.74) is 5.55. The summed E-state index contributed by atoms with van der Waals surface area (Å²) in [6.07, 6.45) is 1.40. The highest BCUT2D eigenvalue weighted by molar-refractivity contribution is 7.99. The lowest BCUT2D eigenvalue weighted by Crippen LogP contribution is -2.17. The molecule has 0 saturated carbocycles. The number of hydrogen-bond acceptors (Lipinski definition) is 4. The molecule has 0 aliphatic rings. The predicted molar refractivity (Wildman–Crippen MR) is 52.2 cm³/mol. The van der Waals surface area contributed by atoms with Crippen molar-refractivity contribution in [3.63, 3.8) is 0 Å². The Morgan fingerprint density at radius 3 is 2.83 bits per heavy atom. The molecular formula is C8H17NO2S. The molecule has 0 radical (unpaired) electrons. The minimum absolute atomic E-state index is 0.128. The van der Waals surface area contributed by atoms with Gasteiger partial charge in [0.25, 0.3) is 0 Å². The molecule has 0 aliphatic heterocycles. The van der Waals surface area contributed by atoms with Crippen LogP contribution in [0.3, 0.4) is 0 Å². The third-order valence-electron chi connectivity index (χ3n) is 1.28. The Morgan fingerprint density at radius 2 is 2.33 bits per heavy atom. The van der Waals surface area contributed by atoms with Gasteiger partial charge in [0.2, 0.25) is 0 Å². The SMILES string of the molecule is COC(=O)CCCSCC(C)N. The number of carbonyl (C=O) groups is 1. The number of rotatable bonds is 6. The second-order valence-electron chi connectivity index (χ2n) is 2.73. The molecule has 0 aromatic carbocycles. The lowest BCUT2D eigenvalue weighted by Gasteiger charge is -2.03. The Balaban J connectivity index is 3.05. The van der Waals surface area contributed by atoms with E-state index in [9.17, 15) is 4.79 Å². The van der Waals surface area contributed by atoms with E-state index in [0.29, 0.717) is 6.42 Å². The summed E-state index contributed by atoms with van der Waals surface area (Å²) in [6, 6.07) is 0.244. The summed E-state index contributed by atoms with van der Waals surface area (Å²) < 4.78 is 4.50. The fourth-order valence-corrected chi connectivity index (χ4v) is 1.58. The highest BCUT2D eigenvalue weighted by atomic mass is 32.2. The summed E-state index contributed by atoms with van der Waals surface area (Å²) in [6.45, 7) is 1.98. The van der Waals surface area contributed by atoms with Crippen molar-refractivity contribution in [2.45, 2.75) is 25.8 Å². The van der Waals surface area contributed by atoms with Crippen LogP contribution in [0.5, 0.6) is 0 Å². The van der Waals surface area contributed by atoms with Gasteiger partial charge in [-0.05, 0) is 19.1 Å². The maximum atomic E-state index is 10.7. The molecule has 2 N–H and O–H groups in total. The van der Waals surface area contributed by atoms with Gasteiger partial charge in [-0.1, -0.05) is 0 Å². The number of esters is 1. The van der Waals surface area contributed by atoms with Crippen molar-refractivity contribution in [1.29, 1.82) is 0 Å². The lowest BCUT2D eigenvalue weighted by molar-refractivity contribution is -0.140. The summed E-state index contributed by atoms with van der Waals surface area (Å²) in [4.78, 5) is 10.7. The molecule has 72 valence electrons. The summed E-state index contributed by atoms with van der Waals surface area (Å²) in [7, 11) is 1.41. The smallest absolute Gasteiger partial charge is 0.305 e. The Kier molecular flexibility index (Phi) is 7.29. The van der Waals surface area contributed by atoms with Crippen LogP contribution >= 0.6 is 11.8 Å². The molecule has 0 aromatic rings. The maximum Gasteiger partial charge on any atom is 0.305 e. The monoisotopic (exact) mass is 191 g/mol. The minimum atomic E-state index is -0.128. The highest BCUT2D eigenvalue weighted by Crippen LogP contribution is 2.05. The third kappa shape index (κ3) is 7.88. The van der Waals surface area contributed by atoms with E-state index in [0.717, 1.165) is 17.9 Å². The molecule has 1 unspecified atom stereocenters. The summed E-state index contributed by atoms with van der Waals surface area (Å²) in [5, 5.41) is 0. The van der Waals surface area contributed by atoms with Crippen LogP contribution in [0.2, 0.25) is 0 Å². The molecule has 12 heavy (non-hydrogen) atoms. The fraction of sp³-hybridized carbons (Fsp3) is 0.875. The molecule has 0 aliphatic carbocycles. The maximum absolute atomic E-state index is 10.7. The lowest BCUT2D eigenvalue weighted by atomic mass is 10.3. The van der Waals surface area contributed by atoms with E-state index in [1.54, 1.807) is 11.8 Å². The van der Waals surface area contributed by atoms with E-state index in [1.807, 2.05) is 6.92 Å². The molecule has 0 rings (SSSR count). The van der Waals surface area contributed by atoms with Crippen LogP contribution in [0.15, 0.2) is 0 Å². The molecule has 0 aromatic heterocycles. The number of methoxy groups -OCH3 is 1. The van der Waals surface area contributed by atoms with Crippen molar-refractivity contribution in [3.8, 4) is 0 Å². The molecule has 1 atom stereocenters. The van der Waals surface area contributed by atoms with Gasteiger partial charge in [-0.3, -0.25) is 4.79 Å². The number of thioether (sulfide) groups is 1. The second-order valence-corrected chi connectivity index (χ2v) is 3.88. The normalized spacial score (nSPS) is 12.6. The van der Waals surface area contributed by atoms with Crippen LogP contribution in [0.1, 0.15) is 19.8 Å². The number of nitrogens with two attached hydrogens (primary N) is 1. The van der Waals surface area contributed by atoms with Crippen molar-refractivity contribution in [3.05, 3.63) is 0 Å². The van der Waals surface area contributed by atoms with Crippen molar-refractivity contribution >= 4 is 17.7 Å². The zero-order valence-electron chi connectivity index (χ0n) is 7.71. The predicted octanol–water partition coefficient (Wildman–Crippen LogP) is 1.02. The van der Waals surface area contributed by atoms with Gasteiger partial charge in [0, 0.05) is 18.2 Å². The van der Waals surface area contributed by atoms with Gasteiger partial charge < -0.3 is 10.5 Å². The average molecular weight is 191 g/mol. The molecule has 0 saturated heterocycles. The fourth-order valence-electron chi connectivity index (χ4n) is 0.690. The highest BCUT2D eigenvalue weighted by Gasteiger charge is 1.99. The van der Waals surface area contributed by atoms with Crippen molar-refractivity contribution in [1.82, 2.24) is 0 Å². The average Bonchev–Trinajstić information content (AvgIpc) is 2.03. The Bertz CT molecular complexity index is 128. The quantitative estimate of drug-likeness (QED) is 0.503. The van der Waals surface area contributed by atoms with E-state index in [4.69, 9.17) is 5.73 Å². The van der Waals surface area contributed by atoms with E-state index in [-0.39, 0.29) is 12.0 Å². The van der Waals surface area contributed by atoms with Gasteiger partial charge in [0.05, 0.1) is 7.11 Å². The van der Waals surface area contributed by atoms with E-state index >= 15 is 0 Å². The Hall–Kier alpha value is -0.220. The van der Waals surface area contributed by atoms with Gasteiger partial charge >= 0.3 is 5.97 Å². The zero-order chi connectivity index (χ0) is 9.40. The Labute approximate surface area is 78.0 Å². The molecular weight excluding hydrogens is 174 g/mol. The topological polar surface area (TPSA) is 52.3 Å². The standard InChI is InChI=1S/C8H17NO2S/c1-7(9)6-12-5-3-4-8(10)11-2/h7H,3-6,9H2,1-2H3. The Morgan fingerprint density at radius 1 is 1.67 bits per heavy atom. The molecule has 3 nitrogen and oxygen atoms in total. The minimum Gasteiger partial charge on any atom is -0.469 e. The van der Waals surface area contributed by atoms with Gasteiger partial charge in [-0.2, -0.15) is 11.8 Å². The van der Waals surface area contributed by atoms with Crippen molar-refractivity contribution < 1.29 is 9.53 Å². The van der Waals surface area contributed by atoms with Crippen LogP contribution in [-0.2, 0) is 9.53 Å². The van der Waals surface area contributed by atoms with E-state index in [2.05, 4.69) is 4.74 Å². The van der Waals surface area contributed by atoms with E-state index < -0.39 is 0 Å². The van der Waals surface area contributed by atoms with E-state index in [1.165, 1.54) is 7.11 Å². The molecule has 0 amide bonds. The summed E-state index contributed by atoms with van der Waals surface area (Å²) in [5.74, 6) is 1.81. The van der Waals surface area contributed by atoms with Crippen LogP contribution in [0, 0.1) is 0 Å². The first kappa shape index (κ1) is 11.8. The first-order valence-corrected chi connectivity index (χ1v) is 5.22. The number of ether oxygens (including phenoxy) is 1. The van der Waals surface area contributed by atoms with Gasteiger partial charge in [0.15, 0.2) is 0 Å². The van der Waals surface area contributed by atoms with Gasteiger partial charge in [-0.25, -0.2) is 0 Å². The summed E-state index contributed by atoms with van der Waals surface area (Å²) >= 11 is 1.78. The van der Waals surface area contributed by atoms with Crippen LogP contribution in [0.25, 0.3) is 0 Å². The van der Waals surface area contributed by atoms with Crippen LogP contribution in [0.4, 0.5) is 0 Å². The molecule has 0 heterocycles. The van der Waals surface area contributed by atoms with Crippen molar-refractivity contribution in [2.24, 2.45) is 5.73 Å². The number of hydrogen-bond donors (Lipinski definition) is 1. The van der Waals surface area contributed by atoms with Crippen LogP contribution < -0.4 is 5.73 Å². The molecule has 0 fully saturated rings. The van der Waals surface area contributed by atoms with Gasteiger partial charge in [-0.15, -0.1) is 0 Å². The molecule has 4 heteroatoms. The first-order chi connectivity index (χ1) is 5.66. The largest absolute Gasteiger partial charge is 0.469 e. The molecule has 0 bridgehead atoms. The third-order valence-corrected chi connectivity index (χ3v) is 2.62. The second kappa shape index (κ2) is 7.43.